The van der Waals surface area contributed by atoms with Gasteiger partial charge in [0.25, 0.3) is 0 Å². The van der Waals surface area contributed by atoms with Crippen molar-refractivity contribution in [3.63, 3.8) is 0 Å². The SMILES string of the molecule is Cc1ccccc1C/C(=C\C(C)C)C(=O)O. The molecule has 0 heterocycles. The molecular formula is C14H18O2. The number of rotatable bonds is 4. The highest BCUT2D eigenvalue weighted by Gasteiger charge is 2.10. The average Bonchev–Trinajstić information content (AvgIpc) is 2.19. The van der Waals surface area contributed by atoms with Crippen LogP contribution in [0.25, 0.3) is 0 Å². The molecule has 86 valence electrons. The summed E-state index contributed by atoms with van der Waals surface area (Å²) >= 11 is 0. The van der Waals surface area contributed by atoms with Gasteiger partial charge in [-0.1, -0.05) is 44.2 Å². The molecule has 0 aromatic heterocycles. The number of hydrogen-bond acceptors (Lipinski definition) is 1. The summed E-state index contributed by atoms with van der Waals surface area (Å²) in [5, 5.41) is 9.11. The summed E-state index contributed by atoms with van der Waals surface area (Å²) in [6, 6.07) is 7.89. The molecule has 1 aromatic carbocycles. The van der Waals surface area contributed by atoms with Crippen LogP contribution >= 0.6 is 0 Å². The Morgan fingerprint density at radius 2 is 2.00 bits per heavy atom. The molecule has 0 atom stereocenters. The van der Waals surface area contributed by atoms with E-state index in [4.69, 9.17) is 5.11 Å². The van der Waals surface area contributed by atoms with Gasteiger partial charge in [-0.3, -0.25) is 0 Å². The van der Waals surface area contributed by atoms with E-state index in [9.17, 15) is 4.79 Å². The summed E-state index contributed by atoms with van der Waals surface area (Å²) < 4.78 is 0. The minimum atomic E-state index is -0.822. The Morgan fingerprint density at radius 1 is 1.38 bits per heavy atom. The van der Waals surface area contributed by atoms with Gasteiger partial charge in [-0.05, 0) is 24.0 Å². The van der Waals surface area contributed by atoms with E-state index in [1.807, 2.05) is 51.1 Å². The molecule has 2 nitrogen and oxygen atoms in total. The van der Waals surface area contributed by atoms with Crippen molar-refractivity contribution in [1.29, 1.82) is 0 Å². The quantitative estimate of drug-likeness (QED) is 0.788. The molecule has 0 unspecified atom stereocenters. The third-order valence-electron chi connectivity index (χ3n) is 2.45. The number of hydrogen-bond donors (Lipinski definition) is 1. The maximum absolute atomic E-state index is 11.1. The highest BCUT2D eigenvalue weighted by atomic mass is 16.4. The van der Waals surface area contributed by atoms with Crippen molar-refractivity contribution in [2.45, 2.75) is 27.2 Å². The summed E-state index contributed by atoms with van der Waals surface area (Å²) in [6.45, 7) is 5.98. The molecule has 0 aliphatic heterocycles. The molecule has 0 radical (unpaired) electrons. The molecule has 1 aromatic rings. The van der Waals surface area contributed by atoms with Crippen molar-refractivity contribution < 1.29 is 9.90 Å². The van der Waals surface area contributed by atoms with Crippen molar-refractivity contribution in [3.05, 3.63) is 47.0 Å². The van der Waals surface area contributed by atoms with Gasteiger partial charge in [-0.25, -0.2) is 4.79 Å². The Kier molecular flexibility index (Phi) is 4.29. The maximum atomic E-state index is 11.1. The van der Waals surface area contributed by atoms with Crippen molar-refractivity contribution in [1.82, 2.24) is 0 Å². The van der Waals surface area contributed by atoms with Gasteiger partial charge >= 0.3 is 5.97 Å². The van der Waals surface area contributed by atoms with Crippen molar-refractivity contribution >= 4 is 5.97 Å². The lowest BCUT2D eigenvalue weighted by molar-refractivity contribution is -0.132. The number of carboxylic acids is 1. The molecule has 2 heteroatoms. The van der Waals surface area contributed by atoms with E-state index >= 15 is 0 Å². The van der Waals surface area contributed by atoms with Crippen LogP contribution in [0.15, 0.2) is 35.9 Å². The number of benzene rings is 1. The number of allylic oxidation sites excluding steroid dienone is 1. The van der Waals surface area contributed by atoms with Gasteiger partial charge in [-0.15, -0.1) is 0 Å². The predicted octanol–water partition coefficient (Wildman–Crippen LogP) is 3.20. The summed E-state index contributed by atoms with van der Waals surface area (Å²) in [6.07, 6.45) is 2.31. The first-order valence-corrected chi connectivity index (χ1v) is 5.49. The zero-order valence-electron chi connectivity index (χ0n) is 10.0. The third-order valence-corrected chi connectivity index (χ3v) is 2.45. The van der Waals surface area contributed by atoms with Gasteiger partial charge in [0, 0.05) is 12.0 Å². The van der Waals surface area contributed by atoms with Gasteiger partial charge < -0.3 is 5.11 Å². The van der Waals surface area contributed by atoms with E-state index in [1.54, 1.807) is 0 Å². The van der Waals surface area contributed by atoms with E-state index in [1.165, 1.54) is 0 Å². The molecular weight excluding hydrogens is 200 g/mol. The van der Waals surface area contributed by atoms with Crippen LogP contribution in [0.5, 0.6) is 0 Å². The zero-order valence-corrected chi connectivity index (χ0v) is 10.0. The van der Waals surface area contributed by atoms with Crippen LogP contribution < -0.4 is 0 Å². The normalized spacial score (nSPS) is 11.9. The Bertz CT molecular complexity index is 403. The summed E-state index contributed by atoms with van der Waals surface area (Å²) in [7, 11) is 0. The summed E-state index contributed by atoms with van der Waals surface area (Å²) in [4.78, 5) is 11.1. The third kappa shape index (κ3) is 3.54. The number of aryl methyl sites for hydroxylation is 1. The molecule has 1 N–H and O–H groups in total. The van der Waals surface area contributed by atoms with Crippen molar-refractivity contribution in [2.24, 2.45) is 5.92 Å². The van der Waals surface area contributed by atoms with Crippen LogP contribution in [-0.2, 0) is 11.2 Å². The monoisotopic (exact) mass is 218 g/mol. The highest BCUT2D eigenvalue weighted by molar-refractivity contribution is 5.87. The molecule has 16 heavy (non-hydrogen) atoms. The molecule has 0 spiro atoms. The fourth-order valence-electron chi connectivity index (χ4n) is 1.62. The Balaban J connectivity index is 2.93. The largest absolute Gasteiger partial charge is 0.478 e. The lowest BCUT2D eigenvalue weighted by atomic mass is 9.98. The second-order valence-electron chi connectivity index (χ2n) is 4.34. The van der Waals surface area contributed by atoms with Crippen LogP contribution in [0.1, 0.15) is 25.0 Å². The molecule has 0 saturated carbocycles. The van der Waals surface area contributed by atoms with Crippen molar-refractivity contribution in [3.8, 4) is 0 Å². The molecule has 0 aliphatic rings. The van der Waals surface area contributed by atoms with E-state index < -0.39 is 5.97 Å². The van der Waals surface area contributed by atoms with Crippen LogP contribution in [0, 0.1) is 12.8 Å². The number of carboxylic acid groups (broad SMARTS) is 1. The standard InChI is InChI=1S/C14H18O2/c1-10(2)8-13(14(15)16)9-12-7-5-4-6-11(12)3/h4-8,10H,9H2,1-3H3,(H,15,16)/b13-8+. The number of aliphatic carboxylic acids is 1. The van der Waals surface area contributed by atoms with Gasteiger partial charge in [0.2, 0.25) is 0 Å². The van der Waals surface area contributed by atoms with Crippen LogP contribution in [-0.4, -0.2) is 11.1 Å². The first-order valence-electron chi connectivity index (χ1n) is 5.49. The fourth-order valence-corrected chi connectivity index (χ4v) is 1.62. The maximum Gasteiger partial charge on any atom is 0.331 e. The summed E-state index contributed by atoms with van der Waals surface area (Å²) in [5.41, 5.74) is 2.69. The van der Waals surface area contributed by atoms with Gasteiger partial charge in [0.05, 0.1) is 0 Å². The Morgan fingerprint density at radius 3 is 2.50 bits per heavy atom. The summed E-state index contributed by atoms with van der Waals surface area (Å²) in [5.74, 6) is -0.563. The zero-order chi connectivity index (χ0) is 12.1. The smallest absolute Gasteiger partial charge is 0.331 e. The molecule has 1 rings (SSSR count). The second-order valence-corrected chi connectivity index (χ2v) is 4.34. The minimum absolute atomic E-state index is 0.259. The molecule has 0 bridgehead atoms. The van der Waals surface area contributed by atoms with Crippen LogP contribution in [0.4, 0.5) is 0 Å². The topological polar surface area (TPSA) is 37.3 Å². The van der Waals surface area contributed by atoms with E-state index in [2.05, 4.69) is 0 Å². The fraction of sp³-hybridized carbons (Fsp3) is 0.357. The lowest BCUT2D eigenvalue weighted by Gasteiger charge is -2.07. The van der Waals surface area contributed by atoms with Gasteiger partial charge in [0.1, 0.15) is 0 Å². The first kappa shape index (κ1) is 12.5. The Hall–Kier alpha value is -1.57. The number of carbonyl (C=O) groups is 1. The predicted molar refractivity (Wildman–Crippen MR) is 65.4 cm³/mol. The molecule has 0 aliphatic carbocycles. The highest BCUT2D eigenvalue weighted by Crippen LogP contribution is 2.14. The Labute approximate surface area is 96.6 Å². The van der Waals surface area contributed by atoms with Gasteiger partial charge in [0.15, 0.2) is 0 Å². The van der Waals surface area contributed by atoms with Gasteiger partial charge in [-0.2, -0.15) is 0 Å². The van der Waals surface area contributed by atoms with Crippen LogP contribution in [0.3, 0.4) is 0 Å². The lowest BCUT2D eigenvalue weighted by Crippen LogP contribution is -2.06. The minimum Gasteiger partial charge on any atom is -0.478 e. The molecule has 0 saturated heterocycles. The van der Waals surface area contributed by atoms with Crippen LogP contribution in [0.2, 0.25) is 0 Å². The molecule has 0 fully saturated rings. The second kappa shape index (κ2) is 5.50. The van der Waals surface area contributed by atoms with E-state index in [0.717, 1.165) is 11.1 Å². The van der Waals surface area contributed by atoms with E-state index in [0.29, 0.717) is 12.0 Å². The van der Waals surface area contributed by atoms with Crippen molar-refractivity contribution in [2.75, 3.05) is 0 Å². The molecule has 0 amide bonds. The van der Waals surface area contributed by atoms with E-state index in [-0.39, 0.29) is 5.92 Å². The first-order chi connectivity index (χ1) is 7.50. The average molecular weight is 218 g/mol.